The summed E-state index contributed by atoms with van der Waals surface area (Å²) in [5.74, 6) is 0.436. The largest absolute Gasteiger partial charge is 0.464 e. The minimum atomic E-state index is -0.463. The van der Waals surface area contributed by atoms with Crippen molar-refractivity contribution in [2.75, 3.05) is 7.11 Å². The molecule has 2 N–H and O–H groups in total. The average molecular weight is 280 g/mol. The normalized spacial score (nSPS) is 10.4. The van der Waals surface area contributed by atoms with Crippen LogP contribution in [-0.2, 0) is 17.0 Å². The molecule has 100 valence electrons. The summed E-state index contributed by atoms with van der Waals surface area (Å²) in [5, 5.41) is 7.99. The predicted octanol–water partition coefficient (Wildman–Crippen LogP) is 1.00. The van der Waals surface area contributed by atoms with Gasteiger partial charge in [0.1, 0.15) is 5.69 Å². The van der Waals surface area contributed by atoms with Gasteiger partial charge in [0.15, 0.2) is 0 Å². The molecule has 8 heteroatoms. The lowest BCUT2D eigenvalue weighted by atomic mass is 10.3. The number of aromatic nitrogens is 3. The third kappa shape index (κ3) is 3.52. The van der Waals surface area contributed by atoms with Crippen molar-refractivity contribution in [3.8, 4) is 0 Å². The Morgan fingerprint density at radius 3 is 3.00 bits per heavy atom. The monoisotopic (exact) mass is 280 g/mol. The molecule has 19 heavy (non-hydrogen) atoms. The topological polar surface area (TPSA) is 104 Å². The number of hydrogen-bond donors (Lipinski definition) is 1. The van der Waals surface area contributed by atoms with Crippen molar-refractivity contribution in [3.05, 3.63) is 35.5 Å². The van der Waals surface area contributed by atoms with Crippen LogP contribution in [0.4, 0.5) is 0 Å². The van der Waals surface area contributed by atoms with Crippen molar-refractivity contribution in [2.24, 2.45) is 5.73 Å². The highest BCUT2D eigenvalue weighted by Gasteiger charge is 2.09. The van der Waals surface area contributed by atoms with Crippen molar-refractivity contribution in [1.82, 2.24) is 15.2 Å². The predicted molar refractivity (Wildman–Crippen MR) is 67.3 cm³/mol. The van der Waals surface area contributed by atoms with E-state index < -0.39 is 5.97 Å². The van der Waals surface area contributed by atoms with Crippen molar-refractivity contribution < 1.29 is 13.9 Å². The summed E-state index contributed by atoms with van der Waals surface area (Å²) in [4.78, 5) is 15.5. The summed E-state index contributed by atoms with van der Waals surface area (Å²) in [7, 11) is 1.32. The first kappa shape index (κ1) is 13.5. The first-order valence-corrected chi connectivity index (χ1v) is 6.41. The van der Waals surface area contributed by atoms with Crippen LogP contribution in [0.1, 0.15) is 22.1 Å². The third-order valence-corrected chi connectivity index (χ3v) is 3.02. The van der Waals surface area contributed by atoms with E-state index in [0.717, 1.165) is 5.69 Å². The van der Waals surface area contributed by atoms with Crippen LogP contribution in [0.5, 0.6) is 0 Å². The molecule has 0 radical (unpaired) electrons. The number of nitrogens with zero attached hydrogens (tertiary/aromatic N) is 3. The number of esters is 1. The van der Waals surface area contributed by atoms with Crippen molar-refractivity contribution in [2.45, 2.75) is 17.5 Å². The fourth-order valence-electron chi connectivity index (χ4n) is 1.29. The maximum Gasteiger partial charge on any atom is 0.356 e. The summed E-state index contributed by atoms with van der Waals surface area (Å²) in [6.45, 7) is 0.212. The number of methoxy groups -OCH3 is 1. The molecule has 0 fully saturated rings. The van der Waals surface area contributed by atoms with Gasteiger partial charge in [-0.15, -0.1) is 10.2 Å². The SMILES string of the molecule is COC(=O)c1cccc(CSc2nnc(CN)o2)n1. The molecule has 0 aliphatic rings. The molecule has 0 aliphatic carbocycles. The summed E-state index contributed by atoms with van der Waals surface area (Å²) in [6.07, 6.45) is 0. The second kappa shape index (κ2) is 6.30. The molecule has 0 bridgehead atoms. The molecule has 2 rings (SSSR count). The van der Waals surface area contributed by atoms with Gasteiger partial charge in [-0.25, -0.2) is 9.78 Å². The fourth-order valence-corrected chi connectivity index (χ4v) is 1.98. The Morgan fingerprint density at radius 1 is 1.47 bits per heavy atom. The lowest BCUT2D eigenvalue weighted by molar-refractivity contribution is 0.0594. The molecular formula is C11H12N4O3S. The number of pyridine rings is 1. The van der Waals surface area contributed by atoms with Crippen LogP contribution >= 0.6 is 11.8 Å². The Hall–Kier alpha value is -1.93. The Balaban J connectivity index is 2.01. The van der Waals surface area contributed by atoms with Crippen LogP contribution in [0.3, 0.4) is 0 Å². The first-order chi connectivity index (χ1) is 9.22. The zero-order valence-corrected chi connectivity index (χ0v) is 11.0. The van der Waals surface area contributed by atoms with Crippen LogP contribution in [0, 0.1) is 0 Å². The van der Waals surface area contributed by atoms with Crippen molar-refractivity contribution in [3.63, 3.8) is 0 Å². The molecule has 0 saturated heterocycles. The number of nitrogens with two attached hydrogens (primary N) is 1. The molecule has 0 aromatic carbocycles. The molecule has 2 heterocycles. The molecule has 2 aromatic heterocycles. The third-order valence-electron chi connectivity index (χ3n) is 2.17. The number of hydrogen-bond acceptors (Lipinski definition) is 8. The highest BCUT2D eigenvalue weighted by Crippen LogP contribution is 2.20. The van der Waals surface area contributed by atoms with Gasteiger partial charge in [0.05, 0.1) is 19.3 Å². The second-order valence-electron chi connectivity index (χ2n) is 3.46. The molecule has 0 atom stereocenters. The van der Waals surface area contributed by atoms with Crippen LogP contribution in [0.25, 0.3) is 0 Å². The summed E-state index contributed by atoms with van der Waals surface area (Å²) in [6, 6.07) is 5.15. The number of carbonyl (C=O) groups excluding carboxylic acids is 1. The Kier molecular flexibility index (Phi) is 4.48. The maximum atomic E-state index is 11.3. The zero-order valence-electron chi connectivity index (χ0n) is 10.2. The van der Waals surface area contributed by atoms with E-state index in [4.69, 9.17) is 10.2 Å². The van der Waals surface area contributed by atoms with Crippen LogP contribution in [0.15, 0.2) is 27.8 Å². The highest BCUT2D eigenvalue weighted by atomic mass is 32.2. The van der Waals surface area contributed by atoms with Gasteiger partial charge in [-0.05, 0) is 12.1 Å². The Labute approximate surface area is 113 Å². The van der Waals surface area contributed by atoms with E-state index in [9.17, 15) is 4.79 Å². The highest BCUT2D eigenvalue weighted by molar-refractivity contribution is 7.98. The van der Waals surface area contributed by atoms with E-state index in [1.165, 1.54) is 18.9 Å². The van der Waals surface area contributed by atoms with E-state index in [1.807, 2.05) is 0 Å². The van der Waals surface area contributed by atoms with Crippen LogP contribution in [-0.4, -0.2) is 28.3 Å². The van der Waals surface area contributed by atoms with Gasteiger partial charge in [0.2, 0.25) is 5.89 Å². The van der Waals surface area contributed by atoms with E-state index in [2.05, 4.69) is 19.9 Å². The number of thioether (sulfide) groups is 1. The molecule has 0 saturated carbocycles. The Morgan fingerprint density at radius 2 is 2.32 bits per heavy atom. The first-order valence-electron chi connectivity index (χ1n) is 5.42. The molecular weight excluding hydrogens is 268 g/mol. The fraction of sp³-hybridized carbons (Fsp3) is 0.273. The van der Waals surface area contributed by atoms with Gasteiger partial charge in [0, 0.05) is 5.75 Å². The Bertz CT molecular complexity index is 573. The number of carbonyl (C=O) groups is 1. The van der Waals surface area contributed by atoms with Gasteiger partial charge in [0.25, 0.3) is 5.22 Å². The van der Waals surface area contributed by atoms with Crippen LogP contribution in [0.2, 0.25) is 0 Å². The van der Waals surface area contributed by atoms with Crippen LogP contribution < -0.4 is 5.73 Å². The molecule has 0 amide bonds. The van der Waals surface area contributed by atoms with E-state index in [0.29, 0.717) is 16.9 Å². The number of rotatable bonds is 5. The summed E-state index contributed by atoms with van der Waals surface area (Å²) < 4.78 is 9.86. The van der Waals surface area contributed by atoms with E-state index in [-0.39, 0.29) is 12.2 Å². The van der Waals surface area contributed by atoms with Gasteiger partial charge in [-0.2, -0.15) is 0 Å². The van der Waals surface area contributed by atoms with E-state index in [1.54, 1.807) is 18.2 Å². The second-order valence-corrected chi connectivity index (χ2v) is 4.39. The maximum absolute atomic E-state index is 11.3. The van der Waals surface area contributed by atoms with Gasteiger partial charge < -0.3 is 14.9 Å². The smallest absolute Gasteiger partial charge is 0.356 e. The standard InChI is InChI=1S/C11H12N4O3S/c1-17-10(16)8-4-2-3-7(13-8)6-19-11-15-14-9(5-12)18-11/h2-4H,5-6,12H2,1H3. The summed E-state index contributed by atoms with van der Waals surface area (Å²) in [5.41, 5.74) is 6.36. The molecule has 2 aromatic rings. The van der Waals surface area contributed by atoms with Gasteiger partial charge in [-0.3, -0.25) is 0 Å². The number of ether oxygens (including phenoxy) is 1. The van der Waals surface area contributed by atoms with Gasteiger partial charge in [-0.1, -0.05) is 17.8 Å². The molecule has 0 spiro atoms. The van der Waals surface area contributed by atoms with Gasteiger partial charge >= 0.3 is 5.97 Å². The lowest BCUT2D eigenvalue weighted by Gasteiger charge is -2.01. The molecule has 0 unspecified atom stereocenters. The average Bonchev–Trinajstić information content (AvgIpc) is 2.92. The minimum Gasteiger partial charge on any atom is -0.464 e. The summed E-state index contributed by atoms with van der Waals surface area (Å²) >= 11 is 1.33. The zero-order chi connectivity index (χ0) is 13.7. The van der Waals surface area contributed by atoms with Crippen molar-refractivity contribution in [1.29, 1.82) is 0 Å². The molecule has 0 aliphatic heterocycles. The minimum absolute atomic E-state index is 0.212. The van der Waals surface area contributed by atoms with E-state index >= 15 is 0 Å². The van der Waals surface area contributed by atoms with Crippen molar-refractivity contribution >= 4 is 17.7 Å². The molecule has 7 nitrogen and oxygen atoms in total. The quantitative estimate of drug-likeness (QED) is 0.639. The lowest BCUT2D eigenvalue weighted by Crippen LogP contribution is -2.05.